The topological polar surface area (TPSA) is 63.2 Å². The molecule has 0 amide bonds. The van der Waals surface area contributed by atoms with Gasteiger partial charge in [0.05, 0.1) is 39.6 Å². The van der Waals surface area contributed by atoms with Crippen molar-refractivity contribution in [2.24, 2.45) is 11.8 Å². The van der Waals surface area contributed by atoms with Crippen molar-refractivity contribution >= 4 is 14.3 Å². The SMILES string of the molecule is C=CC[C@H](C)[C@@H](CCOCc1ccccc1)OC(=O)CC[C@H](C)[C@H](COCc1ccc(OC)cc1)O[Si](C)(C)C(C)(C)C. The van der Waals surface area contributed by atoms with E-state index in [0.717, 1.165) is 23.3 Å². The van der Waals surface area contributed by atoms with Crippen molar-refractivity contribution in [2.75, 3.05) is 20.3 Å². The molecule has 0 saturated carbocycles. The summed E-state index contributed by atoms with van der Waals surface area (Å²) in [6, 6.07) is 18.0. The molecule has 0 fully saturated rings. The van der Waals surface area contributed by atoms with Crippen LogP contribution in [-0.4, -0.2) is 46.8 Å². The third-order valence-electron chi connectivity index (χ3n) is 8.51. The Balaban J connectivity index is 1.95. The van der Waals surface area contributed by atoms with Crippen molar-refractivity contribution in [1.82, 2.24) is 0 Å². The molecule has 2 rings (SSSR count). The third-order valence-corrected chi connectivity index (χ3v) is 13.0. The normalized spacial score (nSPS) is 14.9. The fourth-order valence-electron chi connectivity index (χ4n) is 4.48. The van der Waals surface area contributed by atoms with Crippen LogP contribution >= 0.6 is 0 Å². The number of benzene rings is 2. The summed E-state index contributed by atoms with van der Waals surface area (Å²) >= 11 is 0. The average Bonchev–Trinajstić information content (AvgIpc) is 2.97. The summed E-state index contributed by atoms with van der Waals surface area (Å²) in [6.45, 7) is 21.4. The molecule has 0 aliphatic carbocycles. The van der Waals surface area contributed by atoms with E-state index in [9.17, 15) is 4.79 Å². The van der Waals surface area contributed by atoms with E-state index >= 15 is 0 Å². The molecule has 0 radical (unpaired) electrons. The molecule has 0 heterocycles. The van der Waals surface area contributed by atoms with Gasteiger partial charge in [0, 0.05) is 12.8 Å². The molecule has 0 saturated heterocycles. The van der Waals surface area contributed by atoms with E-state index in [2.05, 4.69) is 54.3 Å². The molecular formula is C36H56O6Si. The van der Waals surface area contributed by atoms with Crippen LogP contribution < -0.4 is 4.74 Å². The predicted molar refractivity (Wildman–Crippen MR) is 178 cm³/mol. The zero-order valence-electron chi connectivity index (χ0n) is 27.9. The minimum absolute atomic E-state index is 0.0664. The average molecular weight is 613 g/mol. The minimum atomic E-state index is -2.06. The molecule has 0 bridgehead atoms. The van der Waals surface area contributed by atoms with Crippen LogP contribution in [0.15, 0.2) is 67.3 Å². The van der Waals surface area contributed by atoms with Crippen molar-refractivity contribution in [3.05, 3.63) is 78.4 Å². The quantitative estimate of drug-likeness (QED) is 0.0645. The van der Waals surface area contributed by atoms with Crippen molar-refractivity contribution in [1.29, 1.82) is 0 Å². The minimum Gasteiger partial charge on any atom is -0.497 e. The number of carbonyl (C=O) groups excluding carboxylic acids is 1. The molecule has 0 aliphatic heterocycles. The lowest BCUT2D eigenvalue weighted by molar-refractivity contribution is -0.153. The van der Waals surface area contributed by atoms with Crippen LogP contribution in [0.3, 0.4) is 0 Å². The Kier molecular flexibility index (Phi) is 15.7. The van der Waals surface area contributed by atoms with Crippen LogP contribution in [0.1, 0.15) is 71.4 Å². The lowest BCUT2D eigenvalue weighted by Crippen LogP contribution is -2.47. The van der Waals surface area contributed by atoms with Crippen molar-refractivity contribution in [3.63, 3.8) is 0 Å². The maximum Gasteiger partial charge on any atom is 0.306 e. The monoisotopic (exact) mass is 612 g/mol. The second-order valence-electron chi connectivity index (χ2n) is 13.2. The van der Waals surface area contributed by atoms with Gasteiger partial charge in [-0.2, -0.15) is 0 Å². The van der Waals surface area contributed by atoms with Crippen LogP contribution in [-0.2, 0) is 36.6 Å². The molecule has 0 spiro atoms. The van der Waals surface area contributed by atoms with E-state index in [1.165, 1.54) is 0 Å². The van der Waals surface area contributed by atoms with E-state index < -0.39 is 8.32 Å². The number of carbonyl (C=O) groups is 1. The zero-order valence-corrected chi connectivity index (χ0v) is 28.9. The Bertz CT molecular complexity index is 1060. The molecule has 2 aromatic rings. The second-order valence-corrected chi connectivity index (χ2v) is 17.9. The first-order valence-corrected chi connectivity index (χ1v) is 18.6. The van der Waals surface area contributed by atoms with Gasteiger partial charge in [-0.3, -0.25) is 4.79 Å². The fourth-order valence-corrected chi connectivity index (χ4v) is 5.89. The van der Waals surface area contributed by atoms with Gasteiger partial charge in [0.2, 0.25) is 0 Å². The molecule has 0 unspecified atom stereocenters. The summed E-state index contributed by atoms with van der Waals surface area (Å²) in [6.07, 6.45) is 3.97. The van der Waals surface area contributed by atoms with Gasteiger partial charge in [0.1, 0.15) is 11.9 Å². The van der Waals surface area contributed by atoms with Gasteiger partial charge in [-0.25, -0.2) is 0 Å². The molecular weight excluding hydrogens is 556 g/mol. The van der Waals surface area contributed by atoms with Gasteiger partial charge >= 0.3 is 5.97 Å². The van der Waals surface area contributed by atoms with Crippen molar-refractivity contribution in [2.45, 2.75) is 104 Å². The smallest absolute Gasteiger partial charge is 0.306 e. The van der Waals surface area contributed by atoms with E-state index in [0.29, 0.717) is 45.7 Å². The highest BCUT2D eigenvalue weighted by atomic mass is 28.4. The molecule has 0 aliphatic rings. The number of methoxy groups -OCH3 is 1. The van der Waals surface area contributed by atoms with Gasteiger partial charge in [0.15, 0.2) is 8.32 Å². The predicted octanol–water partition coefficient (Wildman–Crippen LogP) is 8.75. The number of hydrogen-bond donors (Lipinski definition) is 0. The zero-order chi connectivity index (χ0) is 31.9. The highest BCUT2D eigenvalue weighted by Crippen LogP contribution is 2.38. The summed E-state index contributed by atoms with van der Waals surface area (Å²) in [5.41, 5.74) is 2.21. The first-order valence-electron chi connectivity index (χ1n) is 15.7. The van der Waals surface area contributed by atoms with Crippen LogP contribution in [0.25, 0.3) is 0 Å². The number of allylic oxidation sites excluding steroid dienone is 1. The number of hydrogen-bond acceptors (Lipinski definition) is 6. The highest BCUT2D eigenvalue weighted by Gasteiger charge is 2.40. The van der Waals surface area contributed by atoms with Gasteiger partial charge < -0.3 is 23.4 Å². The Labute approximate surface area is 262 Å². The summed E-state index contributed by atoms with van der Waals surface area (Å²) in [5, 5.41) is 0.0664. The molecule has 2 aromatic carbocycles. The third kappa shape index (κ3) is 13.4. The van der Waals surface area contributed by atoms with Gasteiger partial charge in [-0.05, 0) is 66.1 Å². The summed E-state index contributed by atoms with van der Waals surface area (Å²) in [5.74, 6) is 0.932. The maximum absolute atomic E-state index is 13.1. The summed E-state index contributed by atoms with van der Waals surface area (Å²) < 4.78 is 30.2. The van der Waals surface area contributed by atoms with E-state index in [1.807, 2.05) is 60.7 Å². The fraction of sp³-hybridized carbons (Fsp3) is 0.583. The van der Waals surface area contributed by atoms with E-state index in [1.54, 1.807) is 7.11 Å². The van der Waals surface area contributed by atoms with Gasteiger partial charge in [-0.15, -0.1) is 6.58 Å². The van der Waals surface area contributed by atoms with Crippen molar-refractivity contribution < 1.29 is 28.2 Å². The largest absolute Gasteiger partial charge is 0.497 e. The Morgan fingerprint density at radius 3 is 2.12 bits per heavy atom. The molecule has 7 heteroatoms. The Morgan fingerprint density at radius 2 is 1.51 bits per heavy atom. The second kappa shape index (κ2) is 18.4. The number of rotatable bonds is 20. The molecule has 0 N–H and O–H groups in total. The number of esters is 1. The lowest BCUT2D eigenvalue weighted by Gasteiger charge is -2.41. The molecule has 43 heavy (non-hydrogen) atoms. The maximum atomic E-state index is 13.1. The molecule has 4 atom stereocenters. The Morgan fingerprint density at radius 1 is 0.884 bits per heavy atom. The van der Waals surface area contributed by atoms with Crippen LogP contribution in [0.2, 0.25) is 18.1 Å². The first-order chi connectivity index (χ1) is 20.4. The van der Waals surface area contributed by atoms with E-state index in [-0.39, 0.29) is 35.1 Å². The number of ether oxygens (including phenoxy) is 4. The lowest BCUT2D eigenvalue weighted by atomic mass is 9.97. The highest BCUT2D eigenvalue weighted by molar-refractivity contribution is 6.74. The van der Waals surface area contributed by atoms with E-state index in [4.69, 9.17) is 23.4 Å². The molecule has 0 aromatic heterocycles. The van der Waals surface area contributed by atoms with Gasteiger partial charge in [-0.1, -0.05) is 83.2 Å². The van der Waals surface area contributed by atoms with Crippen molar-refractivity contribution in [3.8, 4) is 5.75 Å². The summed E-state index contributed by atoms with van der Waals surface area (Å²) in [7, 11) is -0.396. The van der Waals surface area contributed by atoms with Crippen LogP contribution in [0.5, 0.6) is 5.75 Å². The summed E-state index contributed by atoms with van der Waals surface area (Å²) in [4.78, 5) is 13.1. The first kappa shape index (κ1) is 36.7. The molecule has 6 nitrogen and oxygen atoms in total. The standard InChI is InChI=1S/C36H56O6Si/c1-10-14-28(2)33(23-24-39-25-30-15-12-11-13-16-30)41-35(37)22-17-29(3)34(42-43(8,9)36(4,5)6)27-40-26-31-18-20-32(38-7)21-19-31/h10-13,15-16,18-21,28-29,33-34H,1,14,17,22-27H2,2-9H3/t28-,29-,33+,34-/m0/s1. The van der Waals surface area contributed by atoms with Gasteiger partial charge in [0.25, 0.3) is 0 Å². The van der Waals surface area contributed by atoms with Crippen LogP contribution in [0, 0.1) is 11.8 Å². The molecule has 240 valence electrons. The Hall–Kier alpha value is -2.45. The van der Waals surface area contributed by atoms with Crippen LogP contribution in [0.4, 0.5) is 0 Å².